The SMILES string of the molecule is c1ccc(-c2cc(-c3ccccc3)nc(-c3cccc(-c4nc5c(-c6cc7ccccc7c7ccccc67)cccc5c5sc6ccccc6c45)c3)n2)cc1. The molecule has 3 aromatic heterocycles. The maximum atomic E-state index is 5.69. The molecular weight excluding hydrogens is 687 g/mol. The van der Waals surface area contributed by atoms with Gasteiger partial charge in [-0.3, -0.25) is 0 Å². The molecule has 3 nitrogen and oxygen atoms in total. The van der Waals surface area contributed by atoms with Crippen LogP contribution in [0.4, 0.5) is 0 Å². The van der Waals surface area contributed by atoms with E-state index in [2.05, 4.69) is 176 Å². The number of pyridine rings is 1. The van der Waals surface area contributed by atoms with Crippen molar-refractivity contribution in [1.29, 1.82) is 0 Å². The molecule has 0 radical (unpaired) electrons. The molecule has 3 heterocycles. The Bertz CT molecular complexity index is 3200. The Morgan fingerprint density at radius 3 is 1.71 bits per heavy atom. The zero-order valence-electron chi connectivity index (χ0n) is 29.6. The summed E-state index contributed by atoms with van der Waals surface area (Å²) in [5.74, 6) is 0.678. The van der Waals surface area contributed by atoms with Gasteiger partial charge < -0.3 is 0 Å². The minimum atomic E-state index is 0.678. The lowest BCUT2D eigenvalue weighted by Gasteiger charge is -2.15. The minimum Gasteiger partial charge on any atom is -0.246 e. The average molecular weight is 718 g/mol. The third-order valence-corrected chi connectivity index (χ3v) is 11.9. The first-order valence-electron chi connectivity index (χ1n) is 18.5. The molecule has 0 spiro atoms. The van der Waals surface area contributed by atoms with Crippen molar-refractivity contribution in [2.45, 2.75) is 0 Å². The van der Waals surface area contributed by atoms with E-state index in [1.54, 1.807) is 0 Å². The van der Waals surface area contributed by atoms with E-state index < -0.39 is 0 Å². The molecule has 11 aromatic rings. The second-order valence-electron chi connectivity index (χ2n) is 13.9. The fourth-order valence-corrected chi connectivity index (χ4v) is 9.31. The molecule has 55 heavy (non-hydrogen) atoms. The van der Waals surface area contributed by atoms with E-state index in [-0.39, 0.29) is 0 Å². The zero-order valence-corrected chi connectivity index (χ0v) is 30.5. The summed E-state index contributed by atoms with van der Waals surface area (Å²) in [6, 6.07) is 66.5. The third kappa shape index (κ3) is 5.30. The van der Waals surface area contributed by atoms with E-state index in [4.69, 9.17) is 15.0 Å². The van der Waals surface area contributed by atoms with Gasteiger partial charge in [0.15, 0.2) is 5.82 Å². The van der Waals surface area contributed by atoms with Crippen LogP contribution in [0.2, 0.25) is 0 Å². The van der Waals surface area contributed by atoms with Crippen LogP contribution in [0.5, 0.6) is 0 Å². The molecule has 11 rings (SSSR count). The predicted molar refractivity (Wildman–Crippen MR) is 232 cm³/mol. The summed E-state index contributed by atoms with van der Waals surface area (Å²) in [7, 11) is 0. The maximum absolute atomic E-state index is 5.69. The van der Waals surface area contributed by atoms with Crippen LogP contribution in [-0.4, -0.2) is 15.0 Å². The second kappa shape index (κ2) is 12.8. The highest BCUT2D eigenvalue weighted by Gasteiger charge is 2.20. The van der Waals surface area contributed by atoms with Crippen LogP contribution in [0, 0.1) is 0 Å². The number of fused-ring (bicyclic) bond motifs is 8. The summed E-state index contributed by atoms with van der Waals surface area (Å²) in [4.78, 5) is 16.0. The van der Waals surface area contributed by atoms with Crippen molar-refractivity contribution in [1.82, 2.24) is 15.0 Å². The molecule has 8 aromatic carbocycles. The molecule has 0 saturated carbocycles. The van der Waals surface area contributed by atoms with Crippen LogP contribution in [0.15, 0.2) is 188 Å². The van der Waals surface area contributed by atoms with Crippen molar-refractivity contribution in [2.24, 2.45) is 0 Å². The van der Waals surface area contributed by atoms with E-state index >= 15 is 0 Å². The summed E-state index contributed by atoms with van der Waals surface area (Å²) in [5.41, 5.74) is 10.1. The lowest BCUT2D eigenvalue weighted by molar-refractivity contribution is 1.18. The van der Waals surface area contributed by atoms with Crippen LogP contribution >= 0.6 is 11.3 Å². The maximum Gasteiger partial charge on any atom is 0.160 e. The van der Waals surface area contributed by atoms with Gasteiger partial charge in [-0.25, -0.2) is 15.0 Å². The zero-order chi connectivity index (χ0) is 36.3. The highest BCUT2D eigenvalue weighted by molar-refractivity contribution is 7.26. The van der Waals surface area contributed by atoms with E-state index in [1.165, 1.54) is 47.3 Å². The Labute approximate surface area is 321 Å². The number of aromatic nitrogens is 3. The predicted octanol–water partition coefficient (Wildman–Crippen LogP) is 14.0. The lowest BCUT2D eigenvalue weighted by atomic mass is 9.91. The molecule has 0 fully saturated rings. The highest BCUT2D eigenvalue weighted by atomic mass is 32.1. The average Bonchev–Trinajstić information content (AvgIpc) is 3.66. The van der Waals surface area contributed by atoms with Crippen molar-refractivity contribution < 1.29 is 0 Å². The Morgan fingerprint density at radius 1 is 0.364 bits per heavy atom. The molecule has 0 amide bonds. The number of hydrogen-bond donors (Lipinski definition) is 0. The van der Waals surface area contributed by atoms with Gasteiger partial charge in [-0.2, -0.15) is 0 Å². The van der Waals surface area contributed by atoms with Crippen LogP contribution in [-0.2, 0) is 0 Å². The number of benzene rings is 8. The summed E-state index contributed by atoms with van der Waals surface area (Å²) < 4.78 is 2.49. The summed E-state index contributed by atoms with van der Waals surface area (Å²) in [6.45, 7) is 0. The highest BCUT2D eigenvalue weighted by Crippen LogP contribution is 2.46. The van der Waals surface area contributed by atoms with Gasteiger partial charge in [0, 0.05) is 53.4 Å². The third-order valence-electron chi connectivity index (χ3n) is 10.7. The number of hydrogen-bond acceptors (Lipinski definition) is 4. The van der Waals surface area contributed by atoms with Gasteiger partial charge in [0.05, 0.1) is 22.6 Å². The second-order valence-corrected chi connectivity index (χ2v) is 15.0. The van der Waals surface area contributed by atoms with Crippen LogP contribution in [0.3, 0.4) is 0 Å². The molecule has 0 unspecified atom stereocenters. The molecule has 0 aliphatic carbocycles. The van der Waals surface area contributed by atoms with Crippen LogP contribution in [0.25, 0.3) is 109 Å². The first-order valence-corrected chi connectivity index (χ1v) is 19.3. The first kappa shape index (κ1) is 31.5. The largest absolute Gasteiger partial charge is 0.246 e. The molecule has 0 aliphatic heterocycles. The van der Waals surface area contributed by atoms with Crippen molar-refractivity contribution >= 4 is 64.0 Å². The lowest BCUT2D eigenvalue weighted by Crippen LogP contribution is -1.96. The molecule has 0 aliphatic rings. The van der Waals surface area contributed by atoms with Gasteiger partial charge >= 0.3 is 0 Å². The minimum absolute atomic E-state index is 0.678. The Hall–Kier alpha value is -7.01. The molecule has 0 bridgehead atoms. The van der Waals surface area contributed by atoms with E-state index in [1.807, 2.05) is 23.5 Å². The van der Waals surface area contributed by atoms with Gasteiger partial charge in [0.2, 0.25) is 0 Å². The van der Waals surface area contributed by atoms with E-state index in [0.717, 1.165) is 55.8 Å². The normalized spacial score (nSPS) is 11.6. The molecule has 0 atom stereocenters. The topological polar surface area (TPSA) is 38.7 Å². The molecule has 4 heteroatoms. The number of para-hydroxylation sites is 1. The smallest absolute Gasteiger partial charge is 0.160 e. The standard InChI is InChI=1S/C51H31N3S/c1-3-15-32(16-4-1)44-31-45(33-17-5-2-6-18-33)53-51(52-44)36-21-13-20-35(29-36)48-47-41-25-11-12-28-46(41)55-50(47)42-27-14-26-40(49(42)54-48)43-30-34-19-7-8-22-37(34)38-23-9-10-24-39(38)43/h1-31H. The van der Waals surface area contributed by atoms with E-state index in [9.17, 15) is 0 Å². The van der Waals surface area contributed by atoms with E-state index in [0.29, 0.717) is 5.82 Å². The van der Waals surface area contributed by atoms with Crippen molar-refractivity contribution in [3.63, 3.8) is 0 Å². The molecule has 0 N–H and O–H groups in total. The van der Waals surface area contributed by atoms with Crippen LogP contribution < -0.4 is 0 Å². The quantitative estimate of drug-likeness (QED) is 0.166. The monoisotopic (exact) mass is 717 g/mol. The Balaban J connectivity index is 1.17. The van der Waals surface area contributed by atoms with Crippen molar-refractivity contribution in [3.05, 3.63) is 188 Å². The summed E-state index contributed by atoms with van der Waals surface area (Å²) in [5, 5.41) is 8.50. The fraction of sp³-hybridized carbons (Fsp3) is 0. The molecular formula is C51H31N3S. The summed E-state index contributed by atoms with van der Waals surface area (Å²) >= 11 is 1.85. The van der Waals surface area contributed by atoms with Gasteiger partial charge in [0.1, 0.15) is 0 Å². The first-order chi connectivity index (χ1) is 27.3. The van der Waals surface area contributed by atoms with Crippen LogP contribution in [0.1, 0.15) is 0 Å². The fourth-order valence-electron chi connectivity index (χ4n) is 8.08. The van der Waals surface area contributed by atoms with Crippen molar-refractivity contribution in [3.8, 4) is 56.3 Å². The molecule has 256 valence electrons. The number of rotatable bonds is 5. The molecule has 0 saturated heterocycles. The van der Waals surface area contributed by atoms with Crippen molar-refractivity contribution in [2.75, 3.05) is 0 Å². The summed E-state index contributed by atoms with van der Waals surface area (Å²) in [6.07, 6.45) is 0. The van der Waals surface area contributed by atoms with Gasteiger partial charge in [-0.15, -0.1) is 11.3 Å². The number of nitrogens with zero attached hydrogens (tertiary/aromatic N) is 3. The van der Waals surface area contributed by atoms with Gasteiger partial charge in [-0.1, -0.05) is 164 Å². The van der Waals surface area contributed by atoms with Gasteiger partial charge in [0.25, 0.3) is 0 Å². The van der Waals surface area contributed by atoms with Gasteiger partial charge in [-0.05, 0) is 51.4 Å². The Kier molecular flexibility index (Phi) is 7.35. The Morgan fingerprint density at radius 2 is 0.945 bits per heavy atom. The number of thiophene rings is 1.